The highest BCUT2D eigenvalue weighted by Gasteiger charge is 2.27. The molecule has 3 atom stereocenters. The molecule has 7 nitrogen and oxygen atoms in total. The van der Waals surface area contributed by atoms with Gasteiger partial charge in [-0.3, -0.25) is 4.79 Å². The van der Waals surface area contributed by atoms with Crippen LogP contribution in [0.4, 0.5) is 11.8 Å². The number of hydrogen-bond donors (Lipinski definition) is 1. The quantitative estimate of drug-likeness (QED) is 0.790. The summed E-state index contributed by atoms with van der Waals surface area (Å²) in [6.07, 6.45) is 4.16. The van der Waals surface area contributed by atoms with Crippen LogP contribution in [0.2, 0.25) is 0 Å². The highest BCUT2D eigenvalue weighted by atomic mass is 16.5. The van der Waals surface area contributed by atoms with Crippen molar-refractivity contribution in [2.75, 3.05) is 36.0 Å². The molecule has 1 amide bonds. The van der Waals surface area contributed by atoms with Crippen LogP contribution in [0.15, 0.2) is 36.5 Å². The smallest absolute Gasteiger partial charge is 0.227 e. The van der Waals surface area contributed by atoms with Gasteiger partial charge in [0.25, 0.3) is 0 Å². The number of benzene rings is 1. The number of carbonyl (C=O) groups excluding carboxylic acids is 1. The van der Waals surface area contributed by atoms with Gasteiger partial charge in [0.15, 0.2) is 0 Å². The topological polar surface area (TPSA) is 70.6 Å². The molecule has 1 N–H and O–H groups in total. The predicted molar refractivity (Wildman–Crippen MR) is 118 cm³/mol. The summed E-state index contributed by atoms with van der Waals surface area (Å²) in [4.78, 5) is 25.1. The van der Waals surface area contributed by atoms with Gasteiger partial charge in [0, 0.05) is 39.2 Å². The van der Waals surface area contributed by atoms with E-state index in [1.165, 1.54) is 13.3 Å². The van der Waals surface area contributed by atoms with E-state index in [4.69, 9.17) is 9.72 Å². The second kappa shape index (κ2) is 8.90. The molecular formula is C23H31N5O2. The van der Waals surface area contributed by atoms with Crippen LogP contribution in [0.5, 0.6) is 5.75 Å². The number of nitrogens with zero attached hydrogens (tertiary/aromatic N) is 4. The molecule has 0 saturated carbocycles. The summed E-state index contributed by atoms with van der Waals surface area (Å²) in [6.45, 7) is 9.60. The average Bonchev–Trinajstić information content (AvgIpc) is 3.37. The molecule has 1 aromatic heterocycles. The minimum atomic E-state index is -0.0269. The minimum absolute atomic E-state index is 0.0101. The lowest BCUT2D eigenvalue weighted by Gasteiger charge is -2.21. The largest absolute Gasteiger partial charge is 0.489 e. The van der Waals surface area contributed by atoms with Gasteiger partial charge >= 0.3 is 0 Å². The Labute approximate surface area is 178 Å². The minimum Gasteiger partial charge on any atom is -0.489 e. The number of nitrogens with one attached hydrogen (secondary N) is 1. The van der Waals surface area contributed by atoms with Crippen LogP contribution in [0.1, 0.15) is 45.2 Å². The maximum atomic E-state index is 11.2. The van der Waals surface area contributed by atoms with E-state index in [9.17, 15) is 4.79 Å². The van der Waals surface area contributed by atoms with Crippen LogP contribution in [0, 0.1) is 5.92 Å². The first kappa shape index (κ1) is 20.4. The van der Waals surface area contributed by atoms with Crippen molar-refractivity contribution in [2.45, 2.75) is 45.8 Å². The van der Waals surface area contributed by atoms with Crippen molar-refractivity contribution in [3.63, 3.8) is 0 Å². The van der Waals surface area contributed by atoms with Crippen molar-refractivity contribution in [1.82, 2.24) is 15.3 Å². The van der Waals surface area contributed by atoms with Crippen molar-refractivity contribution in [1.29, 1.82) is 0 Å². The summed E-state index contributed by atoms with van der Waals surface area (Å²) in [5.41, 5.74) is 1.07. The second-order valence-corrected chi connectivity index (χ2v) is 8.52. The van der Waals surface area contributed by atoms with Crippen molar-refractivity contribution in [3.8, 4) is 5.75 Å². The highest BCUT2D eigenvalue weighted by Crippen LogP contribution is 2.26. The van der Waals surface area contributed by atoms with Crippen LogP contribution in [0.3, 0.4) is 0 Å². The van der Waals surface area contributed by atoms with Crippen LogP contribution >= 0.6 is 0 Å². The van der Waals surface area contributed by atoms with Gasteiger partial charge in [-0.15, -0.1) is 0 Å². The van der Waals surface area contributed by atoms with Crippen LogP contribution in [-0.4, -0.2) is 48.2 Å². The third kappa shape index (κ3) is 4.83. The molecule has 2 aliphatic rings. The number of aromatic nitrogens is 2. The lowest BCUT2D eigenvalue weighted by atomic mass is 10.1. The van der Waals surface area contributed by atoms with Gasteiger partial charge in [-0.1, -0.05) is 19.1 Å². The number of ether oxygens (including phenoxy) is 1. The summed E-state index contributed by atoms with van der Waals surface area (Å²) in [5, 5.41) is 2.90. The van der Waals surface area contributed by atoms with E-state index in [2.05, 4.69) is 27.0 Å². The fraction of sp³-hybridized carbons (Fsp3) is 0.522. The van der Waals surface area contributed by atoms with Gasteiger partial charge < -0.3 is 19.9 Å². The Balaban J connectivity index is 1.34. The monoisotopic (exact) mass is 409 g/mol. The van der Waals surface area contributed by atoms with Gasteiger partial charge in [0.2, 0.25) is 11.9 Å². The molecule has 160 valence electrons. The Morgan fingerprint density at radius 1 is 1.13 bits per heavy atom. The maximum Gasteiger partial charge on any atom is 0.227 e. The molecule has 4 rings (SSSR count). The Hall–Kier alpha value is -2.83. The SMILES string of the molecule is CC(=O)N[C@@H](C)c1ccc(O[C@@H]2CCN(c3ccnc(N4CCC(C)C4)n3)C2)cc1. The van der Waals surface area contributed by atoms with Crippen LogP contribution < -0.4 is 19.9 Å². The van der Waals surface area contributed by atoms with E-state index in [-0.39, 0.29) is 18.1 Å². The maximum absolute atomic E-state index is 11.2. The van der Waals surface area contributed by atoms with Crippen molar-refractivity contribution in [2.24, 2.45) is 5.92 Å². The fourth-order valence-corrected chi connectivity index (χ4v) is 4.23. The zero-order chi connectivity index (χ0) is 21.1. The standard InChI is InChI=1S/C23H31N5O2/c1-16-9-12-28(14-16)23-24-11-8-22(26-23)27-13-10-21(15-27)30-20-6-4-19(5-7-20)17(2)25-18(3)29/h4-8,11,16-17,21H,9-10,12-15H2,1-3H3,(H,25,29)/t16?,17-,21+/m0/s1. The van der Waals surface area contributed by atoms with Crippen molar-refractivity contribution >= 4 is 17.7 Å². The van der Waals surface area contributed by atoms with E-state index in [0.29, 0.717) is 5.92 Å². The fourth-order valence-electron chi connectivity index (χ4n) is 4.23. The van der Waals surface area contributed by atoms with Crippen LogP contribution in [-0.2, 0) is 4.79 Å². The van der Waals surface area contributed by atoms with Gasteiger partial charge in [-0.25, -0.2) is 4.98 Å². The van der Waals surface area contributed by atoms with Crippen molar-refractivity contribution < 1.29 is 9.53 Å². The number of carbonyl (C=O) groups is 1. The summed E-state index contributed by atoms with van der Waals surface area (Å²) in [6, 6.07) is 9.96. The summed E-state index contributed by atoms with van der Waals surface area (Å²) in [7, 11) is 0. The number of rotatable bonds is 6. The molecule has 0 radical (unpaired) electrons. The Kier molecular flexibility index (Phi) is 6.06. The number of hydrogen-bond acceptors (Lipinski definition) is 6. The van der Waals surface area contributed by atoms with Gasteiger partial charge in [0.05, 0.1) is 12.6 Å². The molecule has 1 aromatic carbocycles. The van der Waals surface area contributed by atoms with Crippen LogP contribution in [0.25, 0.3) is 0 Å². The lowest BCUT2D eigenvalue weighted by Crippen LogP contribution is -2.27. The molecule has 2 aliphatic heterocycles. The molecule has 0 spiro atoms. The third-order valence-electron chi connectivity index (χ3n) is 5.91. The van der Waals surface area contributed by atoms with E-state index in [1.807, 2.05) is 43.5 Å². The predicted octanol–water partition coefficient (Wildman–Crippen LogP) is 3.18. The third-order valence-corrected chi connectivity index (χ3v) is 5.91. The lowest BCUT2D eigenvalue weighted by molar-refractivity contribution is -0.119. The Bertz CT molecular complexity index is 872. The first-order chi connectivity index (χ1) is 14.5. The zero-order valence-corrected chi connectivity index (χ0v) is 18.0. The zero-order valence-electron chi connectivity index (χ0n) is 18.0. The molecular weight excluding hydrogens is 378 g/mol. The molecule has 0 bridgehead atoms. The second-order valence-electron chi connectivity index (χ2n) is 8.52. The molecule has 0 aliphatic carbocycles. The Morgan fingerprint density at radius 3 is 2.60 bits per heavy atom. The molecule has 2 aromatic rings. The van der Waals surface area contributed by atoms with Crippen molar-refractivity contribution in [3.05, 3.63) is 42.1 Å². The molecule has 2 fully saturated rings. The highest BCUT2D eigenvalue weighted by molar-refractivity contribution is 5.73. The molecule has 1 unspecified atom stereocenters. The molecule has 7 heteroatoms. The summed E-state index contributed by atoms with van der Waals surface area (Å²) >= 11 is 0. The van der Waals surface area contributed by atoms with E-state index in [1.54, 1.807) is 0 Å². The number of anilines is 2. The summed E-state index contributed by atoms with van der Waals surface area (Å²) < 4.78 is 6.20. The van der Waals surface area contributed by atoms with Gasteiger partial charge in [-0.05, 0) is 43.0 Å². The van der Waals surface area contributed by atoms with Gasteiger partial charge in [0.1, 0.15) is 17.7 Å². The Morgan fingerprint density at radius 2 is 1.90 bits per heavy atom. The van der Waals surface area contributed by atoms with E-state index < -0.39 is 0 Å². The molecule has 30 heavy (non-hydrogen) atoms. The molecule has 2 saturated heterocycles. The van der Waals surface area contributed by atoms with E-state index >= 15 is 0 Å². The normalized spacial score (nSPS) is 22.2. The molecule has 3 heterocycles. The van der Waals surface area contributed by atoms with E-state index in [0.717, 1.165) is 55.7 Å². The van der Waals surface area contributed by atoms with Gasteiger partial charge in [-0.2, -0.15) is 4.98 Å². The first-order valence-electron chi connectivity index (χ1n) is 10.8. The first-order valence-corrected chi connectivity index (χ1v) is 10.8. The average molecular weight is 410 g/mol. The number of amides is 1. The summed E-state index contributed by atoms with van der Waals surface area (Å²) in [5.74, 6) is 3.35.